The average Bonchev–Trinajstić information content (AvgIpc) is 2.48. The highest BCUT2D eigenvalue weighted by Gasteiger charge is 2.23. The van der Waals surface area contributed by atoms with Gasteiger partial charge in [0, 0.05) is 5.56 Å². The van der Waals surface area contributed by atoms with Crippen molar-refractivity contribution in [3.63, 3.8) is 0 Å². The fraction of sp³-hybridized carbons (Fsp3) is 0.400. The second-order valence-electron chi connectivity index (χ2n) is 4.56. The molecule has 1 aromatic carbocycles. The molecule has 0 aliphatic heterocycles. The quantitative estimate of drug-likeness (QED) is 0.608. The Labute approximate surface area is 133 Å². The standard InChI is InChI=1S/C15H20N2O6/c1-3-22-11-6-5-9(7-12(11)23-4-2)14(19)17-10(15(20)21)8-13(16)18/h5-7,10H,3-4,8H2,1-2H3,(H2,16,18)(H,17,19)(H,20,21). The summed E-state index contributed by atoms with van der Waals surface area (Å²) >= 11 is 0. The molecule has 0 aliphatic carbocycles. The van der Waals surface area contributed by atoms with E-state index in [9.17, 15) is 14.4 Å². The zero-order valence-corrected chi connectivity index (χ0v) is 13.0. The number of carboxylic acid groups (broad SMARTS) is 1. The summed E-state index contributed by atoms with van der Waals surface area (Å²) in [5.74, 6) is -1.95. The first-order chi connectivity index (χ1) is 10.9. The largest absolute Gasteiger partial charge is 0.490 e. The van der Waals surface area contributed by atoms with Crippen LogP contribution in [0, 0.1) is 0 Å². The van der Waals surface area contributed by atoms with Gasteiger partial charge in [-0.05, 0) is 32.0 Å². The van der Waals surface area contributed by atoms with Crippen LogP contribution in [-0.4, -0.2) is 42.1 Å². The second-order valence-corrected chi connectivity index (χ2v) is 4.56. The summed E-state index contributed by atoms with van der Waals surface area (Å²) in [7, 11) is 0. The lowest BCUT2D eigenvalue weighted by molar-refractivity contribution is -0.140. The summed E-state index contributed by atoms with van der Waals surface area (Å²) in [6, 6.07) is 3.11. The lowest BCUT2D eigenvalue weighted by atomic mass is 10.1. The fourth-order valence-corrected chi connectivity index (χ4v) is 1.84. The van der Waals surface area contributed by atoms with Gasteiger partial charge in [-0.2, -0.15) is 0 Å². The van der Waals surface area contributed by atoms with Gasteiger partial charge in [0.2, 0.25) is 5.91 Å². The summed E-state index contributed by atoms with van der Waals surface area (Å²) in [6.45, 7) is 4.42. The van der Waals surface area contributed by atoms with Gasteiger partial charge in [-0.15, -0.1) is 0 Å². The third kappa shape index (κ3) is 5.50. The Hall–Kier alpha value is -2.77. The van der Waals surface area contributed by atoms with Crippen LogP contribution in [0.5, 0.6) is 11.5 Å². The van der Waals surface area contributed by atoms with Crippen LogP contribution >= 0.6 is 0 Å². The number of rotatable bonds is 9. The fourth-order valence-electron chi connectivity index (χ4n) is 1.84. The molecular formula is C15H20N2O6. The Morgan fingerprint density at radius 2 is 1.78 bits per heavy atom. The van der Waals surface area contributed by atoms with E-state index in [-0.39, 0.29) is 5.56 Å². The molecule has 2 amide bonds. The molecule has 0 radical (unpaired) electrons. The number of amides is 2. The number of primary amides is 1. The minimum absolute atomic E-state index is 0.188. The minimum atomic E-state index is -1.39. The number of carbonyl (C=O) groups is 3. The second kappa shape index (κ2) is 8.62. The van der Waals surface area contributed by atoms with E-state index in [4.69, 9.17) is 20.3 Å². The molecule has 1 aromatic rings. The summed E-state index contributed by atoms with van der Waals surface area (Å²) in [5, 5.41) is 11.3. The van der Waals surface area contributed by atoms with E-state index in [1.54, 1.807) is 13.0 Å². The van der Waals surface area contributed by atoms with Crippen molar-refractivity contribution >= 4 is 17.8 Å². The number of carboxylic acids is 1. The lowest BCUT2D eigenvalue weighted by Crippen LogP contribution is -2.43. The number of nitrogens with two attached hydrogens (primary N) is 1. The van der Waals surface area contributed by atoms with Crippen LogP contribution in [0.2, 0.25) is 0 Å². The van der Waals surface area contributed by atoms with E-state index in [1.165, 1.54) is 12.1 Å². The van der Waals surface area contributed by atoms with Crippen molar-refractivity contribution in [1.29, 1.82) is 0 Å². The van der Waals surface area contributed by atoms with Gasteiger partial charge in [0.1, 0.15) is 6.04 Å². The van der Waals surface area contributed by atoms with Crippen LogP contribution in [-0.2, 0) is 9.59 Å². The van der Waals surface area contributed by atoms with Gasteiger partial charge in [-0.3, -0.25) is 9.59 Å². The first-order valence-corrected chi connectivity index (χ1v) is 7.10. The van der Waals surface area contributed by atoms with E-state index in [2.05, 4.69) is 5.32 Å². The molecule has 4 N–H and O–H groups in total. The normalized spacial score (nSPS) is 11.4. The Morgan fingerprint density at radius 3 is 2.30 bits per heavy atom. The molecule has 0 saturated heterocycles. The van der Waals surface area contributed by atoms with Crippen molar-refractivity contribution < 1.29 is 29.0 Å². The Morgan fingerprint density at radius 1 is 1.17 bits per heavy atom. The molecule has 1 unspecified atom stereocenters. The molecule has 0 spiro atoms. The maximum Gasteiger partial charge on any atom is 0.326 e. The van der Waals surface area contributed by atoms with E-state index in [0.717, 1.165) is 0 Å². The minimum Gasteiger partial charge on any atom is -0.490 e. The van der Waals surface area contributed by atoms with Crippen LogP contribution < -0.4 is 20.5 Å². The zero-order valence-electron chi connectivity index (χ0n) is 13.0. The summed E-state index contributed by atoms with van der Waals surface area (Å²) in [4.78, 5) is 34.0. The van der Waals surface area contributed by atoms with E-state index in [0.29, 0.717) is 24.7 Å². The molecule has 0 bridgehead atoms. The van der Waals surface area contributed by atoms with Crippen LogP contribution in [0.25, 0.3) is 0 Å². The Bertz CT molecular complexity index is 587. The first-order valence-electron chi connectivity index (χ1n) is 7.10. The van der Waals surface area contributed by atoms with Crippen molar-refractivity contribution in [3.05, 3.63) is 23.8 Å². The molecule has 1 rings (SSSR count). The van der Waals surface area contributed by atoms with Gasteiger partial charge >= 0.3 is 5.97 Å². The van der Waals surface area contributed by atoms with Crippen molar-refractivity contribution in [2.45, 2.75) is 26.3 Å². The molecule has 8 nitrogen and oxygen atoms in total. The van der Waals surface area contributed by atoms with Crippen molar-refractivity contribution in [3.8, 4) is 11.5 Å². The number of aliphatic carboxylic acids is 1. The van der Waals surface area contributed by atoms with Crippen molar-refractivity contribution in [2.75, 3.05) is 13.2 Å². The number of benzene rings is 1. The predicted octanol–water partition coefficient (Wildman–Crippen LogP) is 0.542. The molecule has 0 aliphatic rings. The number of hydrogen-bond donors (Lipinski definition) is 3. The number of hydrogen-bond acceptors (Lipinski definition) is 5. The van der Waals surface area contributed by atoms with Gasteiger partial charge in [-0.1, -0.05) is 0 Å². The smallest absolute Gasteiger partial charge is 0.326 e. The lowest BCUT2D eigenvalue weighted by Gasteiger charge is -2.15. The first kappa shape index (κ1) is 18.3. The van der Waals surface area contributed by atoms with Crippen molar-refractivity contribution in [1.82, 2.24) is 5.32 Å². The van der Waals surface area contributed by atoms with Crippen LogP contribution in [0.4, 0.5) is 0 Å². The molecule has 0 aromatic heterocycles. The zero-order chi connectivity index (χ0) is 17.4. The molecule has 126 valence electrons. The van der Waals surface area contributed by atoms with Crippen LogP contribution in [0.15, 0.2) is 18.2 Å². The maximum atomic E-state index is 12.1. The highest BCUT2D eigenvalue weighted by molar-refractivity contribution is 5.98. The summed E-state index contributed by atoms with van der Waals surface area (Å²) in [6.07, 6.45) is -0.490. The van der Waals surface area contributed by atoms with E-state index >= 15 is 0 Å². The molecule has 0 saturated carbocycles. The molecular weight excluding hydrogens is 304 g/mol. The van der Waals surface area contributed by atoms with Gasteiger partial charge in [0.25, 0.3) is 5.91 Å². The van der Waals surface area contributed by atoms with Crippen LogP contribution in [0.1, 0.15) is 30.6 Å². The number of ether oxygens (including phenoxy) is 2. The predicted molar refractivity (Wildman–Crippen MR) is 81.5 cm³/mol. The van der Waals surface area contributed by atoms with Crippen molar-refractivity contribution in [2.24, 2.45) is 5.73 Å². The van der Waals surface area contributed by atoms with Crippen LogP contribution in [0.3, 0.4) is 0 Å². The van der Waals surface area contributed by atoms with Gasteiger partial charge in [0.15, 0.2) is 11.5 Å². The highest BCUT2D eigenvalue weighted by atomic mass is 16.5. The van der Waals surface area contributed by atoms with Gasteiger partial charge in [0.05, 0.1) is 19.6 Å². The average molecular weight is 324 g/mol. The number of nitrogens with one attached hydrogen (secondary N) is 1. The molecule has 0 heterocycles. The Balaban J connectivity index is 2.95. The third-order valence-corrected chi connectivity index (χ3v) is 2.81. The highest BCUT2D eigenvalue weighted by Crippen LogP contribution is 2.28. The molecule has 0 fully saturated rings. The third-order valence-electron chi connectivity index (χ3n) is 2.81. The summed E-state index contributed by atoms with van der Waals surface area (Å²) < 4.78 is 10.8. The van der Waals surface area contributed by atoms with E-state index in [1.807, 2.05) is 6.92 Å². The molecule has 23 heavy (non-hydrogen) atoms. The Kier molecular flexibility index (Phi) is 6.85. The maximum absolute atomic E-state index is 12.1. The van der Waals surface area contributed by atoms with Gasteiger partial charge in [-0.25, -0.2) is 4.79 Å². The summed E-state index contributed by atoms with van der Waals surface area (Å²) in [5.41, 5.74) is 5.16. The molecule has 1 atom stereocenters. The SMILES string of the molecule is CCOc1ccc(C(=O)NC(CC(N)=O)C(=O)O)cc1OCC. The van der Waals surface area contributed by atoms with Gasteiger partial charge < -0.3 is 25.6 Å². The van der Waals surface area contributed by atoms with E-state index < -0.39 is 30.2 Å². The topological polar surface area (TPSA) is 128 Å². The monoisotopic (exact) mass is 324 g/mol. The molecule has 8 heteroatoms. The number of carbonyl (C=O) groups excluding carboxylic acids is 2.